The molecule has 12 heavy (non-hydrogen) atoms. The Kier molecular flexibility index (Phi) is 5.19. The zero-order chi connectivity index (χ0) is 8.10. The summed E-state index contributed by atoms with van der Waals surface area (Å²) in [5, 5.41) is 0. The number of hydrogen-bond donors (Lipinski definition) is 1. The van der Waals surface area contributed by atoms with E-state index in [1.54, 1.807) is 0 Å². The van der Waals surface area contributed by atoms with E-state index in [2.05, 4.69) is 5.92 Å². The van der Waals surface area contributed by atoms with Gasteiger partial charge in [0.15, 0.2) is 0 Å². The third kappa shape index (κ3) is 3.43. The predicted octanol–water partition coefficient (Wildman–Crippen LogP) is 1.61. The fourth-order valence-corrected chi connectivity index (χ4v) is 0.927. The van der Waals surface area contributed by atoms with Gasteiger partial charge in [0.05, 0.1) is 6.04 Å². The minimum atomic E-state index is -0.155. The molecule has 0 bridgehead atoms. The molecule has 0 fully saturated rings. The van der Waals surface area contributed by atoms with Crippen molar-refractivity contribution in [3.8, 4) is 12.3 Å². The molecular formula is C10H12ClN. The van der Waals surface area contributed by atoms with Gasteiger partial charge >= 0.3 is 0 Å². The Hall–Kier alpha value is -0.970. The van der Waals surface area contributed by atoms with Crippen LogP contribution >= 0.6 is 12.4 Å². The first kappa shape index (κ1) is 11.0. The van der Waals surface area contributed by atoms with Crippen LogP contribution in [0.5, 0.6) is 0 Å². The van der Waals surface area contributed by atoms with Crippen LogP contribution in [0.1, 0.15) is 5.56 Å². The normalized spacial score (nSPS) is 11.0. The lowest BCUT2D eigenvalue weighted by Crippen LogP contribution is -2.19. The molecular weight excluding hydrogens is 170 g/mol. The largest absolute Gasteiger partial charge is 0.317 e. The van der Waals surface area contributed by atoms with E-state index in [-0.39, 0.29) is 18.4 Å². The number of halogens is 1. The number of benzene rings is 1. The molecule has 2 heteroatoms. The van der Waals surface area contributed by atoms with Crippen molar-refractivity contribution in [1.82, 2.24) is 0 Å². The maximum absolute atomic E-state index is 5.57. The number of rotatable bonds is 2. The lowest BCUT2D eigenvalue weighted by Gasteiger charge is -2.02. The Labute approximate surface area is 79.4 Å². The molecule has 1 rings (SSSR count). The summed E-state index contributed by atoms with van der Waals surface area (Å²) in [6.07, 6.45) is 5.91. The standard InChI is InChI=1S/C10H11N.ClH/c1-2-10(11)8-9-6-4-3-5-7-9;/h1,3-7,10H,8,11H2;1H. The van der Waals surface area contributed by atoms with Crippen LogP contribution in [0.15, 0.2) is 30.3 Å². The molecule has 1 aromatic carbocycles. The van der Waals surface area contributed by atoms with Crippen LogP contribution in [0.25, 0.3) is 0 Å². The summed E-state index contributed by atoms with van der Waals surface area (Å²) in [5.41, 5.74) is 6.76. The second kappa shape index (κ2) is 5.65. The SMILES string of the molecule is C#CC(N)Cc1ccccc1.Cl. The highest BCUT2D eigenvalue weighted by molar-refractivity contribution is 5.85. The van der Waals surface area contributed by atoms with Gasteiger partial charge in [0.2, 0.25) is 0 Å². The van der Waals surface area contributed by atoms with Gasteiger partial charge in [-0.3, -0.25) is 0 Å². The Bertz CT molecular complexity index is 250. The van der Waals surface area contributed by atoms with Crippen LogP contribution in [0, 0.1) is 12.3 Å². The number of nitrogens with two attached hydrogens (primary N) is 1. The third-order valence-electron chi connectivity index (χ3n) is 1.51. The first-order valence-corrected chi connectivity index (χ1v) is 3.58. The van der Waals surface area contributed by atoms with E-state index in [9.17, 15) is 0 Å². The third-order valence-corrected chi connectivity index (χ3v) is 1.51. The molecule has 0 amide bonds. The molecule has 0 aliphatic heterocycles. The first-order valence-electron chi connectivity index (χ1n) is 3.58. The molecule has 0 radical (unpaired) electrons. The van der Waals surface area contributed by atoms with Gasteiger partial charge in [-0.15, -0.1) is 18.8 Å². The van der Waals surface area contributed by atoms with Crippen LogP contribution in [-0.4, -0.2) is 6.04 Å². The molecule has 0 saturated carbocycles. The van der Waals surface area contributed by atoms with Crippen molar-refractivity contribution in [2.75, 3.05) is 0 Å². The Morgan fingerprint density at radius 1 is 1.33 bits per heavy atom. The van der Waals surface area contributed by atoms with Gasteiger partial charge in [0.1, 0.15) is 0 Å². The maximum atomic E-state index is 5.57. The molecule has 0 saturated heterocycles. The molecule has 64 valence electrons. The van der Waals surface area contributed by atoms with Crippen LogP contribution in [0.2, 0.25) is 0 Å². The lowest BCUT2D eigenvalue weighted by atomic mass is 10.1. The molecule has 1 unspecified atom stereocenters. The first-order chi connectivity index (χ1) is 5.33. The molecule has 2 N–H and O–H groups in total. The van der Waals surface area contributed by atoms with Crippen LogP contribution < -0.4 is 5.73 Å². The highest BCUT2D eigenvalue weighted by Crippen LogP contribution is 2.00. The van der Waals surface area contributed by atoms with Gasteiger partial charge in [-0.25, -0.2) is 0 Å². The highest BCUT2D eigenvalue weighted by Gasteiger charge is 1.97. The molecule has 0 aliphatic carbocycles. The van der Waals surface area contributed by atoms with Crippen molar-refractivity contribution in [3.63, 3.8) is 0 Å². The molecule has 1 atom stereocenters. The second-order valence-electron chi connectivity index (χ2n) is 2.46. The Morgan fingerprint density at radius 2 is 1.92 bits per heavy atom. The van der Waals surface area contributed by atoms with E-state index in [1.165, 1.54) is 5.56 Å². The Balaban J connectivity index is 0.00000121. The fourth-order valence-electron chi connectivity index (χ4n) is 0.927. The highest BCUT2D eigenvalue weighted by atomic mass is 35.5. The second-order valence-corrected chi connectivity index (χ2v) is 2.46. The van der Waals surface area contributed by atoms with E-state index in [0.717, 1.165) is 6.42 Å². The quantitative estimate of drug-likeness (QED) is 0.690. The fraction of sp³-hybridized carbons (Fsp3) is 0.200. The molecule has 1 nitrogen and oxygen atoms in total. The summed E-state index contributed by atoms with van der Waals surface area (Å²) in [7, 11) is 0. The number of terminal acetylenes is 1. The van der Waals surface area contributed by atoms with E-state index >= 15 is 0 Å². The van der Waals surface area contributed by atoms with E-state index in [1.807, 2.05) is 30.3 Å². The maximum Gasteiger partial charge on any atom is 0.0702 e. The van der Waals surface area contributed by atoms with E-state index < -0.39 is 0 Å². The molecule has 0 spiro atoms. The smallest absolute Gasteiger partial charge is 0.0702 e. The van der Waals surface area contributed by atoms with Gasteiger partial charge in [-0.1, -0.05) is 36.3 Å². The van der Waals surface area contributed by atoms with Crippen LogP contribution in [0.4, 0.5) is 0 Å². The van der Waals surface area contributed by atoms with Gasteiger partial charge in [0.25, 0.3) is 0 Å². The van der Waals surface area contributed by atoms with Crippen molar-refractivity contribution < 1.29 is 0 Å². The zero-order valence-electron chi connectivity index (χ0n) is 6.73. The summed E-state index contributed by atoms with van der Waals surface area (Å²) < 4.78 is 0. The average molecular weight is 182 g/mol. The van der Waals surface area contributed by atoms with E-state index in [4.69, 9.17) is 12.2 Å². The van der Waals surface area contributed by atoms with Gasteiger partial charge in [0, 0.05) is 0 Å². The van der Waals surface area contributed by atoms with Gasteiger partial charge < -0.3 is 5.73 Å². The summed E-state index contributed by atoms with van der Waals surface area (Å²) in [6.45, 7) is 0. The van der Waals surface area contributed by atoms with Crippen molar-refractivity contribution in [3.05, 3.63) is 35.9 Å². The molecule has 0 aliphatic rings. The lowest BCUT2D eigenvalue weighted by molar-refractivity contribution is 0.836. The molecule has 1 aromatic rings. The minimum absolute atomic E-state index is 0. The monoisotopic (exact) mass is 181 g/mol. The van der Waals surface area contributed by atoms with Crippen LogP contribution in [0.3, 0.4) is 0 Å². The molecule has 0 aromatic heterocycles. The summed E-state index contributed by atoms with van der Waals surface area (Å²) in [4.78, 5) is 0. The summed E-state index contributed by atoms with van der Waals surface area (Å²) in [5.74, 6) is 2.49. The average Bonchev–Trinajstić information content (AvgIpc) is 2.06. The van der Waals surface area contributed by atoms with Crippen molar-refractivity contribution in [1.29, 1.82) is 0 Å². The van der Waals surface area contributed by atoms with Crippen molar-refractivity contribution in [2.45, 2.75) is 12.5 Å². The number of hydrogen-bond acceptors (Lipinski definition) is 1. The van der Waals surface area contributed by atoms with E-state index in [0.29, 0.717) is 0 Å². The van der Waals surface area contributed by atoms with Gasteiger partial charge in [-0.05, 0) is 12.0 Å². The van der Waals surface area contributed by atoms with Gasteiger partial charge in [-0.2, -0.15) is 0 Å². The topological polar surface area (TPSA) is 26.0 Å². The predicted molar refractivity (Wildman–Crippen MR) is 54.2 cm³/mol. The zero-order valence-corrected chi connectivity index (χ0v) is 7.55. The van der Waals surface area contributed by atoms with Crippen LogP contribution in [-0.2, 0) is 6.42 Å². The summed E-state index contributed by atoms with van der Waals surface area (Å²) in [6, 6.07) is 9.84. The molecule has 0 heterocycles. The minimum Gasteiger partial charge on any atom is -0.317 e. The summed E-state index contributed by atoms with van der Waals surface area (Å²) >= 11 is 0. The Morgan fingerprint density at radius 3 is 2.42 bits per heavy atom. The van der Waals surface area contributed by atoms with Crippen molar-refractivity contribution >= 4 is 12.4 Å². The van der Waals surface area contributed by atoms with Crippen molar-refractivity contribution in [2.24, 2.45) is 5.73 Å².